The van der Waals surface area contributed by atoms with Gasteiger partial charge < -0.3 is 10.1 Å². The van der Waals surface area contributed by atoms with Crippen LogP contribution in [-0.2, 0) is 21.3 Å². The molecule has 0 aliphatic heterocycles. The van der Waals surface area contributed by atoms with E-state index < -0.39 is 10.0 Å². The van der Waals surface area contributed by atoms with Gasteiger partial charge in [0.25, 0.3) is 0 Å². The van der Waals surface area contributed by atoms with Crippen LogP contribution in [0.4, 0.5) is 4.39 Å². The van der Waals surface area contributed by atoms with Crippen LogP contribution in [0.5, 0.6) is 0 Å². The van der Waals surface area contributed by atoms with Crippen molar-refractivity contribution in [3.05, 3.63) is 29.1 Å². The number of aryl methyl sites for hydroxylation is 1. The van der Waals surface area contributed by atoms with Crippen molar-refractivity contribution in [1.29, 1.82) is 0 Å². The predicted molar refractivity (Wildman–Crippen MR) is 80.2 cm³/mol. The van der Waals surface area contributed by atoms with Crippen LogP contribution in [0.25, 0.3) is 0 Å². The molecule has 0 saturated carbocycles. The molecule has 1 rings (SSSR count). The van der Waals surface area contributed by atoms with Gasteiger partial charge >= 0.3 is 0 Å². The molecule has 1 aromatic carbocycles. The minimum atomic E-state index is -3.68. The maximum atomic E-state index is 13.9. The highest BCUT2D eigenvalue weighted by Crippen LogP contribution is 2.19. The largest absolute Gasteiger partial charge is 0.377 e. The molecule has 0 aliphatic rings. The number of hydrogen-bond acceptors (Lipinski definition) is 4. The van der Waals surface area contributed by atoms with E-state index in [1.165, 1.54) is 12.1 Å². The minimum Gasteiger partial charge on any atom is -0.377 e. The Bertz CT molecular complexity index is 576. The maximum Gasteiger partial charge on any atom is 0.240 e. The molecule has 0 fully saturated rings. The Morgan fingerprint density at radius 2 is 2.05 bits per heavy atom. The van der Waals surface area contributed by atoms with Crippen LogP contribution in [-0.4, -0.2) is 34.7 Å². The van der Waals surface area contributed by atoms with E-state index in [1.807, 2.05) is 6.92 Å². The van der Waals surface area contributed by atoms with E-state index in [4.69, 9.17) is 4.74 Å². The molecule has 7 heteroatoms. The van der Waals surface area contributed by atoms with Gasteiger partial charge in [0.15, 0.2) is 0 Å². The molecule has 0 aliphatic carbocycles. The van der Waals surface area contributed by atoms with Crippen LogP contribution in [0.3, 0.4) is 0 Å². The number of nitrogens with one attached hydrogen (secondary N) is 2. The van der Waals surface area contributed by atoms with E-state index in [1.54, 1.807) is 20.9 Å². The topological polar surface area (TPSA) is 67.4 Å². The monoisotopic (exact) mass is 318 g/mol. The molecule has 1 aromatic rings. The molecule has 0 radical (unpaired) electrons. The lowest BCUT2D eigenvalue weighted by Crippen LogP contribution is -2.32. The second kappa shape index (κ2) is 7.84. The van der Waals surface area contributed by atoms with E-state index in [-0.39, 0.29) is 29.9 Å². The summed E-state index contributed by atoms with van der Waals surface area (Å²) in [5, 5.41) is 2.82. The quantitative estimate of drug-likeness (QED) is 0.763. The van der Waals surface area contributed by atoms with E-state index in [2.05, 4.69) is 10.0 Å². The summed E-state index contributed by atoms with van der Waals surface area (Å²) < 4.78 is 46.2. The first-order valence-electron chi connectivity index (χ1n) is 6.86. The van der Waals surface area contributed by atoms with Gasteiger partial charge in [-0.2, -0.15) is 0 Å². The van der Waals surface area contributed by atoms with Crippen molar-refractivity contribution in [2.75, 3.05) is 20.2 Å². The summed E-state index contributed by atoms with van der Waals surface area (Å²) in [4.78, 5) is 0.0651. The second-order valence-corrected chi connectivity index (χ2v) is 6.63. The van der Waals surface area contributed by atoms with E-state index >= 15 is 0 Å². The van der Waals surface area contributed by atoms with Crippen LogP contribution in [0, 0.1) is 12.7 Å². The third-order valence-corrected chi connectivity index (χ3v) is 4.40. The fraction of sp³-hybridized carbons (Fsp3) is 0.571. The average molecular weight is 318 g/mol. The summed E-state index contributed by atoms with van der Waals surface area (Å²) in [6.07, 6.45) is -0.219. The SMILES string of the molecule is CCOC(C)CNS(=O)(=O)c1cc(C)c(F)c(CNC)c1. The van der Waals surface area contributed by atoms with Crippen molar-refractivity contribution in [3.63, 3.8) is 0 Å². The molecule has 0 saturated heterocycles. The molecule has 0 aromatic heterocycles. The van der Waals surface area contributed by atoms with Crippen molar-refractivity contribution < 1.29 is 17.5 Å². The lowest BCUT2D eigenvalue weighted by atomic mass is 10.1. The molecule has 0 bridgehead atoms. The Morgan fingerprint density at radius 1 is 1.38 bits per heavy atom. The Hall–Kier alpha value is -1.02. The number of halogens is 1. The van der Waals surface area contributed by atoms with Crippen molar-refractivity contribution in [2.24, 2.45) is 0 Å². The zero-order valence-corrected chi connectivity index (χ0v) is 13.7. The molecular weight excluding hydrogens is 295 g/mol. The standard InChI is InChI=1S/C14H23FN2O3S/c1-5-20-11(3)8-17-21(18,19)13-6-10(2)14(15)12(7-13)9-16-4/h6-7,11,16-17H,5,8-9H2,1-4H3. The zero-order valence-electron chi connectivity index (χ0n) is 12.9. The van der Waals surface area contributed by atoms with Gasteiger partial charge in [0, 0.05) is 25.3 Å². The molecule has 5 nitrogen and oxygen atoms in total. The van der Waals surface area contributed by atoms with Gasteiger partial charge in [0.05, 0.1) is 11.0 Å². The van der Waals surface area contributed by atoms with Crippen LogP contribution in [0.1, 0.15) is 25.0 Å². The first-order valence-corrected chi connectivity index (χ1v) is 8.35. The van der Waals surface area contributed by atoms with Crippen LogP contribution in [0.2, 0.25) is 0 Å². The van der Waals surface area contributed by atoms with Gasteiger partial charge in [0.2, 0.25) is 10.0 Å². The Kier molecular flexibility index (Phi) is 6.73. The third-order valence-electron chi connectivity index (χ3n) is 2.99. The maximum absolute atomic E-state index is 13.9. The molecule has 0 heterocycles. The number of benzene rings is 1. The summed E-state index contributed by atoms with van der Waals surface area (Å²) in [5.41, 5.74) is 0.636. The second-order valence-electron chi connectivity index (χ2n) is 4.86. The Morgan fingerprint density at radius 3 is 2.62 bits per heavy atom. The van der Waals surface area contributed by atoms with Crippen molar-refractivity contribution in [1.82, 2.24) is 10.0 Å². The van der Waals surface area contributed by atoms with E-state index in [0.29, 0.717) is 17.7 Å². The van der Waals surface area contributed by atoms with Gasteiger partial charge in [-0.1, -0.05) is 0 Å². The number of sulfonamides is 1. The fourth-order valence-electron chi connectivity index (χ4n) is 1.93. The lowest BCUT2D eigenvalue weighted by molar-refractivity contribution is 0.0799. The van der Waals surface area contributed by atoms with Crippen LogP contribution >= 0.6 is 0 Å². The number of ether oxygens (including phenoxy) is 1. The van der Waals surface area contributed by atoms with Crippen molar-refractivity contribution in [3.8, 4) is 0 Å². The summed E-state index contributed by atoms with van der Waals surface area (Å²) in [7, 11) is -2.00. The van der Waals surface area contributed by atoms with E-state index in [9.17, 15) is 12.8 Å². The number of rotatable bonds is 8. The highest BCUT2D eigenvalue weighted by Gasteiger charge is 2.18. The smallest absolute Gasteiger partial charge is 0.240 e. The van der Waals surface area contributed by atoms with Gasteiger partial charge in [0.1, 0.15) is 5.82 Å². The predicted octanol–water partition coefficient (Wildman–Crippen LogP) is 1.56. The summed E-state index contributed by atoms with van der Waals surface area (Å²) in [6.45, 7) is 6.15. The van der Waals surface area contributed by atoms with Crippen molar-refractivity contribution >= 4 is 10.0 Å². The minimum absolute atomic E-state index is 0.0651. The number of hydrogen-bond donors (Lipinski definition) is 2. The van der Waals surface area contributed by atoms with Crippen LogP contribution < -0.4 is 10.0 Å². The van der Waals surface area contributed by atoms with Gasteiger partial charge in [-0.05, 0) is 45.5 Å². The fourth-order valence-corrected chi connectivity index (χ4v) is 3.18. The summed E-state index contributed by atoms with van der Waals surface area (Å²) in [5.74, 6) is -0.383. The molecular formula is C14H23FN2O3S. The first kappa shape index (κ1) is 18.0. The Balaban J connectivity index is 2.97. The van der Waals surface area contributed by atoms with Crippen LogP contribution in [0.15, 0.2) is 17.0 Å². The molecule has 1 atom stereocenters. The zero-order chi connectivity index (χ0) is 16.0. The van der Waals surface area contributed by atoms with Gasteiger partial charge in [-0.3, -0.25) is 0 Å². The molecule has 1 unspecified atom stereocenters. The Labute approximate surface area is 125 Å². The summed E-state index contributed by atoms with van der Waals surface area (Å²) >= 11 is 0. The first-order chi connectivity index (χ1) is 9.81. The highest BCUT2D eigenvalue weighted by molar-refractivity contribution is 7.89. The summed E-state index contributed by atoms with van der Waals surface area (Å²) in [6, 6.07) is 2.69. The van der Waals surface area contributed by atoms with Gasteiger partial charge in [-0.15, -0.1) is 0 Å². The third kappa shape index (κ3) is 5.03. The highest BCUT2D eigenvalue weighted by atomic mass is 32.2. The molecule has 120 valence electrons. The van der Waals surface area contributed by atoms with Crippen molar-refractivity contribution in [2.45, 2.75) is 38.3 Å². The molecule has 0 amide bonds. The average Bonchev–Trinajstić information content (AvgIpc) is 2.42. The van der Waals surface area contributed by atoms with E-state index in [0.717, 1.165) is 0 Å². The molecule has 21 heavy (non-hydrogen) atoms. The lowest BCUT2D eigenvalue weighted by Gasteiger charge is -2.14. The molecule has 2 N–H and O–H groups in total. The normalized spacial score (nSPS) is 13.4. The molecule has 0 spiro atoms. The van der Waals surface area contributed by atoms with Gasteiger partial charge in [-0.25, -0.2) is 17.5 Å².